The monoisotopic (exact) mass is 475 g/mol. The number of hydrogen-bond acceptors (Lipinski definition) is 6. The summed E-state index contributed by atoms with van der Waals surface area (Å²) in [5, 5.41) is 5.89. The lowest BCUT2D eigenvalue weighted by Crippen LogP contribution is -2.37. The molecule has 2 N–H and O–H groups in total. The van der Waals surface area contributed by atoms with E-state index in [1.165, 1.54) is 0 Å². The van der Waals surface area contributed by atoms with Crippen LogP contribution in [0, 0.1) is 20.8 Å². The normalized spacial score (nSPS) is 10.7. The highest BCUT2D eigenvalue weighted by Gasteiger charge is 2.13. The summed E-state index contributed by atoms with van der Waals surface area (Å²) in [5.74, 6) is 1.42. The van der Waals surface area contributed by atoms with Crippen molar-refractivity contribution in [1.82, 2.24) is 10.3 Å². The lowest BCUT2D eigenvalue weighted by molar-refractivity contribution is -0.121. The van der Waals surface area contributed by atoms with E-state index >= 15 is 0 Å². The van der Waals surface area contributed by atoms with Crippen LogP contribution in [0.3, 0.4) is 0 Å². The van der Waals surface area contributed by atoms with Crippen molar-refractivity contribution >= 4 is 40.0 Å². The number of carbonyl (C=O) groups is 1. The third kappa shape index (κ3) is 5.35. The number of thiocarbonyl (C=S) groups is 1. The van der Waals surface area contributed by atoms with E-state index in [9.17, 15) is 4.79 Å². The molecule has 3 aromatic carbocycles. The van der Waals surface area contributed by atoms with Gasteiger partial charge in [0.15, 0.2) is 17.3 Å². The van der Waals surface area contributed by atoms with Crippen LogP contribution in [0.1, 0.15) is 16.7 Å². The van der Waals surface area contributed by atoms with Gasteiger partial charge in [-0.1, -0.05) is 12.1 Å². The molecule has 4 rings (SSSR count). The highest BCUT2D eigenvalue weighted by Crippen LogP contribution is 2.30. The number of ether oxygens (including phenoxy) is 2. The molecule has 0 fully saturated rings. The smallest absolute Gasteiger partial charge is 0.264 e. The lowest BCUT2D eigenvalue weighted by Gasteiger charge is -2.13. The molecular weight excluding hydrogens is 450 g/mol. The first-order valence-corrected chi connectivity index (χ1v) is 11.1. The molecule has 8 heteroatoms. The summed E-state index contributed by atoms with van der Waals surface area (Å²) in [6.07, 6.45) is 0. The van der Waals surface area contributed by atoms with Crippen LogP contribution in [0.15, 0.2) is 59.0 Å². The Hall–Kier alpha value is -3.91. The van der Waals surface area contributed by atoms with Crippen LogP contribution >= 0.6 is 12.2 Å². The molecule has 34 heavy (non-hydrogen) atoms. The van der Waals surface area contributed by atoms with Crippen LogP contribution in [0.2, 0.25) is 0 Å². The van der Waals surface area contributed by atoms with E-state index in [1.54, 1.807) is 31.4 Å². The van der Waals surface area contributed by atoms with Gasteiger partial charge in [-0.2, -0.15) is 0 Å². The van der Waals surface area contributed by atoms with Gasteiger partial charge in [0.2, 0.25) is 5.89 Å². The Labute approximate surface area is 203 Å². The van der Waals surface area contributed by atoms with Gasteiger partial charge in [0.25, 0.3) is 5.91 Å². The highest BCUT2D eigenvalue weighted by molar-refractivity contribution is 7.80. The predicted molar refractivity (Wildman–Crippen MR) is 137 cm³/mol. The first kappa shape index (κ1) is 23.3. The number of rotatable bonds is 6. The molecule has 1 heterocycles. The fraction of sp³-hybridized carbons (Fsp3) is 0.192. The Bertz CT molecular complexity index is 1360. The molecule has 1 amide bonds. The molecule has 0 radical (unpaired) electrons. The minimum atomic E-state index is -0.369. The number of nitrogens with one attached hydrogen (secondary N) is 2. The first-order valence-electron chi connectivity index (χ1n) is 10.7. The van der Waals surface area contributed by atoms with E-state index in [0.29, 0.717) is 17.4 Å². The van der Waals surface area contributed by atoms with E-state index in [2.05, 4.69) is 21.7 Å². The number of nitrogens with zero attached hydrogens (tertiary/aromatic N) is 1. The molecule has 1 aromatic heterocycles. The second-order valence-electron chi connectivity index (χ2n) is 7.95. The van der Waals surface area contributed by atoms with Crippen molar-refractivity contribution in [3.63, 3.8) is 0 Å². The van der Waals surface area contributed by atoms with Crippen molar-refractivity contribution in [3.05, 3.63) is 71.3 Å². The average molecular weight is 476 g/mol. The van der Waals surface area contributed by atoms with E-state index < -0.39 is 0 Å². The van der Waals surface area contributed by atoms with E-state index in [-0.39, 0.29) is 17.6 Å². The molecule has 4 aromatic rings. The maximum atomic E-state index is 12.3. The Morgan fingerprint density at radius 3 is 2.47 bits per heavy atom. The molecule has 0 aliphatic heterocycles. The van der Waals surface area contributed by atoms with Gasteiger partial charge in [-0.25, -0.2) is 4.98 Å². The van der Waals surface area contributed by atoms with Crippen molar-refractivity contribution < 1.29 is 18.7 Å². The molecule has 0 unspecified atom stereocenters. The van der Waals surface area contributed by atoms with E-state index in [1.807, 2.05) is 45.0 Å². The minimum absolute atomic E-state index is 0.172. The van der Waals surface area contributed by atoms with Crippen LogP contribution < -0.4 is 20.1 Å². The minimum Gasteiger partial charge on any atom is -0.497 e. The van der Waals surface area contributed by atoms with Crippen molar-refractivity contribution in [2.45, 2.75) is 20.8 Å². The molecular formula is C26H25N3O4S. The van der Waals surface area contributed by atoms with Crippen LogP contribution in [0.25, 0.3) is 22.6 Å². The number of amides is 1. The zero-order chi connectivity index (χ0) is 24.2. The lowest BCUT2D eigenvalue weighted by atomic mass is 10.1. The van der Waals surface area contributed by atoms with Gasteiger partial charge in [0.1, 0.15) is 17.0 Å². The molecule has 0 saturated carbocycles. The summed E-state index contributed by atoms with van der Waals surface area (Å²) in [6, 6.07) is 16.8. The average Bonchev–Trinajstić information content (AvgIpc) is 3.24. The van der Waals surface area contributed by atoms with Gasteiger partial charge in [-0.15, -0.1) is 0 Å². The van der Waals surface area contributed by atoms with Gasteiger partial charge < -0.3 is 19.2 Å². The summed E-state index contributed by atoms with van der Waals surface area (Å²) in [4.78, 5) is 16.9. The zero-order valence-corrected chi connectivity index (χ0v) is 20.2. The number of oxazole rings is 1. The third-order valence-electron chi connectivity index (χ3n) is 5.24. The molecule has 0 aliphatic rings. The molecule has 7 nitrogen and oxygen atoms in total. The highest BCUT2D eigenvalue weighted by atomic mass is 32.1. The largest absolute Gasteiger partial charge is 0.497 e. The Morgan fingerprint density at radius 2 is 1.74 bits per heavy atom. The number of benzene rings is 3. The van der Waals surface area contributed by atoms with Crippen LogP contribution in [0.4, 0.5) is 5.69 Å². The van der Waals surface area contributed by atoms with Gasteiger partial charge in [0, 0.05) is 11.3 Å². The molecule has 0 spiro atoms. The Morgan fingerprint density at radius 1 is 1.00 bits per heavy atom. The third-order valence-corrected chi connectivity index (χ3v) is 5.44. The number of methoxy groups -OCH3 is 1. The zero-order valence-electron chi connectivity index (χ0n) is 19.4. The van der Waals surface area contributed by atoms with Crippen molar-refractivity contribution in [1.29, 1.82) is 0 Å². The van der Waals surface area contributed by atoms with Crippen molar-refractivity contribution in [2.75, 3.05) is 19.0 Å². The van der Waals surface area contributed by atoms with Crippen LogP contribution in [0.5, 0.6) is 11.5 Å². The summed E-state index contributed by atoms with van der Waals surface area (Å²) in [6.45, 7) is 5.82. The van der Waals surface area contributed by atoms with Crippen LogP contribution in [-0.2, 0) is 4.79 Å². The SMILES string of the molecule is COc1ccc(OCC(=O)NC(=S)Nc2cc(-c3nc4cc(C)cc(C)c4o3)ccc2C)cc1. The molecule has 0 saturated heterocycles. The van der Waals surface area contributed by atoms with Crippen LogP contribution in [-0.4, -0.2) is 29.7 Å². The number of fused-ring (bicyclic) bond motifs is 1. The van der Waals surface area contributed by atoms with Gasteiger partial charge >= 0.3 is 0 Å². The van der Waals surface area contributed by atoms with E-state index in [0.717, 1.165) is 39.0 Å². The fourth-order valence-electron chi connectivity index (χ4n) is 3.53. The quantitative estimate of drug-likeness (QED) is 0.365. The first-order chi connectivity index (χ1) is 16.3. The second kappa shape index (κ2) is 9.93. The van der Waals surface area contributed by atoms with Crippen molar-refractivity contribution in [2.24, 2.45) is 0 Å². The maximum Gasteiger partial charge on any atom is 0.264 e. The number of hydrogen-bond donors (Lipinski definition) is 2. The Balaban J connectivity index is 1.41. The summed E-state index contributed by atoms with van der Waals surface area (Å²) >= 11 is 5.33. The number of aromatic nitrogens is 1. The molecule has 0 bridgehead atoms. The second-order valence-corrected chi connectivity index (χ2v) is 8.35. The fourth-order valence-corrected chi connectivity index (χ4v) is 3.75. The molecule has 0 aliphatic carbocycles. The summed E-state index contributed by atoms with van der Waals surface area (Å²) < 4.78 is 16.6. The van der Waals surface area contributed by atoms with Gasteiger partial charge in [-0.05, 0) is 92.1 Å². The molecule has 0 atom stereocenters. The van der Waals surface area contributed by atoms with E-state index in [4.69, 9.17) is 26.1 Å². The number of aryl methyl sites for hydroxylation is 3. The maximum absolute atomic E-state index is 12.3. The van der Waals surface area contributed by atoms with Gasteiger partial charge in [0.05, 0.1) is 7.11 Å². The standard InChI is InChI=1S/C26H25N3O4S/c1-15-11-17(3)24-22(12-15)27-25(33-24)18-6-5-16(2)21(13-18)28-26(34)29-23(30)14-32-20-9-7-19(31-4)8-10-20/h5-13H,14H2,1-4H3,(H2,28,29,30,34). The molecule has 174 valence electrons. The van der Waals surface area contributed by atoms with Gasteiger partial charge in [-0.3, -0.25) is 10.1 Å². The number of carbonyl (C=O) groups excluding carboxylic acids is 1. The number of anilines is 1. The summed E-state index contributed by atoms with van der Waals surface area (Å²) in [5.41, 5.74) is 6.27. The summed E-state index contributed by atoms with van der Waals surface area (Å²) in [7, 11) is 1.59. The topological polar surface area (TPSA) is 85.6 Å². The Kier molecular flexibility index (Phi) is 6.79. The predicted octanol–water partition coefficient (Wildman–Crippen LogP) is 5.32. The van der Waals surface area contributed by atoms with Crippen molar-refractivity contribution in [3.8, 4) is 23.0 Å².